The molecule has 7 heteroatoms. The molecule has 0 saturated carbocycles. The Labute approximate surface area is 147 Å². The lowest BCUT2D eigenvalue weighted by atomic mass is 10.2. The average Bonchev–Trinajstić information content (AvgIpc) is 3.06. The molecule has 120 valence electrons. The minimum atomic E-state index is -0.353. The number of halogens is 1. The summed E-state index contributed by atoms with van der Waals surface area (Å²) in [5.41, 5.74) is 1.38. The smallest absolute Gasteiger partial charge is 0.275 e. The van der Waals surface area contributed by atoms with Gasteiger partial charge in [-0.2, -0.15) is 0 Å². The number of nitrogens with one attached hydrogen (secondary N) is 2. The minimum Gasteiger partial charge on any atom is -0.321 e. The van der Waals surface area contributed by atoms with E-state index < -0.39 is 0 Å². The third-order valence-electron chi connectivity index (χ3n) is 3.10. The van der Waals surface area contributed by atoms with Gasteiger partial charge in [0, 0.05) is 21.7 Å². The van der Waals surface area contributed by atoms with Gasteiger partial charge in [-0.1, -0.05) is 29.8 Å². The maximum absolute atomic E-state index is 12.2. The van der Waals surface area contributed by atoms with Gasteiger partial charge in [0.1, 0.15) is 5.69 Å². The Balaban J connectivity index is 1.65. The van der Waals surface area contributed by atoms with Crippen LogP contribution in [0.4, 0.5) is 10.8 Å². The van der Waals surface area contributed by atoms with E-state index in [1.54, 1.807) is 53.9 Å². The lowest BCUT2D eigenvalue weighted by Crippen LogP contribution is -2.14. The molecule has 0 aliphatic heterocycles. The lowest BCUT2D eigenvalue weighted by molar-refractivity contribution is 0.101. The van der Waals surface area contributed by atoms with Crippen molar-refractivity contribution in [2.75, 3.05) is 10.6 Å². The van der Waals surface area contributed by atoms with Gasteiger partial charge in [-0.05, 0) is 36.4 Å². The van der Waals surface area contributed by atoms with Crippen LogP contribution in [-0.2, 0) is 0 Å². The molecule has 3 aromatic rings. The summed E-state index contributed by atoms with van der Waals surface area (Å²) in [6.07, 6.45) is 0. The molecular formula is C17H12ClN3O2S. The number of benzene rings is 2. The molecule has 0 aliphatic carbocycles. The van der Waals surface area contributed by atoms with Gasteiger partial charge in [-0.3, -0.25) is 14.9 Å². The Morgan fingerprint density at radius 1 is 0.917 bits per heavy atom. The molecule has 0 aliphatic rings. The molecule has 2 aromatic carbocycles. The number of rotatable bonds is 4. The van der Waals surface area contributed by atoms with Crippen molar-refractivity contribution < 1.29 is 9.59 Å². The van der Waals surface area contributed by atoms with Crippen molar-refractivity contribution in [2.24, 2.45) is 0 Å². The van der Waals surface area contributed by atoms with E-state index in [0.29, 0.717) is 21.4 Å². The number of carbonyl (C=O) groups is 2. The Bertz CT molecular complexity index is 863. The molecule has 24 heavy (non-hydrogen) atoms. The molecule has 3 rings (SSSR count). The Hall–Kier alpha value is -2.70. The topological polar surface area (TPSA) is 71.1 Å². The van der Waals surface area contributed by atoms with Gasteiger partial charge < -0.3 is 5.32 Å². The van der Waals surface area contributed by atoms with Crippen LogP contribution in [0.2, 0.25) is 5.02 Å². The summed E-state index contributed by atoms with van der Waals surface area (Å²) in [5, 5.41) is 7.94. The highest BCUT2D eigenvalue weighted by Crippen LogP contribution is 2.19. The van der Waals surface area contributed by atoms with Crippen LogP contribution in [0.5, 0.6) is 0 Å². The van der Waals surface area contributed by atoms with Gasteiger partial charge in [-0.25, -0.2) is 4.98 Å². The SMILES string of the molecule is O=C(Nc1nc(C(=O)Nc2ccc(Cl)cc2)cs1)c1ccccc1. The number of hydrogen-bond donors (Lipinski definition) is 2. The fraction of sp³-hybridized carbons (Fsp3) is 0. The molecule has 0 radical (unpaired) electrons. The molecule has 2 N–H and O–H groups in total. The zero-order chi connectivity index (χ0) is 16.9. The molecular weight excluding hydrogens is 346 g/mol. The van der Waals surface area contributed by atoms with E-state index >= 15 is 0 Å². The molecule has 0 unspecified atom stereocenters. The van der Waals surface area contributed by atoms with Crippen molar-refractivity contribution >= 4 is 45.6 Å². The fourth-order valence-corrected chi connectivity index (χ4v) is 2.73. The van der Waals surface area contributed by atoms with Crippen LogP contribution in [0, 0.1) is 0 Å². The number of aromatic nitrogens is 1. The second-order valence-corrected chi connectivity index (χ2v) is 6.11. The predicted molar refractivity (Wildman–Crippen MR) is 95.9 cm³/mol. The third kappa shape index (κ3) is 3.98. The van der Waals surface area contributed by atoms with Crippen LogP contribution >= 0.6 is 22.9 Å². The summed E-state index contributed by atoms with van der Waals surface area (Å²) in [6, 6.07) is 15.6. The van der Waals surface area contributed by atoms with E-state index in [9.17, 15) is 9.59 Å². The second-order valence-electron chi connectivity index (χ2n) is 4.82. The van der Waals surface area contributed by atoms with Crippen LogP contribution < -0.4 is 10.6 Å². The Kier molecular flexibility index (Phi) is 4.88. The molecule has 1 aromatic heterocycles. The highest BCUT2D eigenvalue weighted by Gasteiger charge is 2.13. The van der Waals surface area contributed by atoms with Gasteiger partial charge in [0.15, 0.2) is 5.13 Å². The van der Waals surface area contributed by atoms with E-state index in [1.165, 1.54) is 11.3 Å². The number of carbonyl (C=O) groups excluding carboxylic acids is 2. The molecule has 2 amide bonds. The Morgan fingerprint density at radius 2 is 1.62 bits per heavy atom. The van der Waals surface area contributed by atoms with Crippen LogP contribution in [0.15, 0.2) is 60.0 Å². The van der Waals surface area contributed by atoms with Crippen LogP contribution in [0.3, 0.4) is 0 Å². The van der Waals surface area contributed by atoms with Crippen LogP contribution in [0.25, 0.3) is 0 Å². The number of nitrogens with zero attached hydrogens (tertiary/aromatic N) is 1. The van der Waals surface area contributed by atoms with Crippen molar-refractivity contribution in [3.8, 4) is 0 Å². The lowest BCUT2D eigenvalue weighted by Gasteiger charge is -2.03. The quantitative estimate of drug-likeness (QED) is 0.731. The van der Waals surface area contributed by atoms with E-state index in [0.717, 1.165) is 0 Å². The van der Waals surface area contributed by atoms with Crippen molar-refractivity contribution in [2.45, 2.75) is 0 Å². The highest BCUT2D eigenvalue weighted by atomic mass is 35.5. The van der Waals surface area contributed by atoms with Gasteiger partial charge in [-0.15, -0.1) is 11.3 Å². The number of amides is 2. The summed E-state index contributed by atoms with van der Waals surface area (Å²) >= 11 is 6.99. The summed E-state index contributed by atoms with van der Waals surface area (Å²) in [5.74, 6) is -0.622. The van der Waals surface area contributed by atoms with Gasteiger partial charge >= 0.3 is 0 Å². The van der Waals surface area contributed by atoms with Gasteiger partial charge in [0.25, 0.3) is 11.8 Å². The van der Waals surface area contributed by atoms with Gasteiger partial charge in [0.05, 0.1) is 0 Å². The average molecular weight is 358 g/mol. The maximum atomic E-state index is 12.2. The first-order valence-electron chi connectivity index (χ1n) is 7.00. The first-order valence-corrected chi connectivity index (χ1v) is 8.26. The molecule has 0 fully saturated rings. The van der Waals surface area contributed by atoms with Crippen LogP contribution in [0.1, 0.15) is 20.8 Å². The standard InChI is InChI=1S/C17H12ClN3O2S/c18-12-6-8-13(9-7-12)19-16(23)14-10-24-17(20-14)21-15(22)11-4-2-1-3-5-11/h1-10H,(H,19,23)(H,20,21,22). The molecule has 1 heterocycles. The summed E-state index contributed by atoms with van der Waals surface area (Å²) in [4.78, 5) is 28.4. The maximum Gasteiger partial charge on any atom is 0.275 e. The highest BCUT2D eigenvalue weighted by molar-refractivity contribution is 7.14. The summed E-state index contributed by atoms with van der Waals surface area (Å²) in [7, 11) is 0. The number of hydrogen-bond acceptors (Lipinski definition) is 4. The zero-order valence-electron chi connectivity index (χ0n) is 12.3. The molecule has 0 saturated heterocycles. The minimum absolute atomic E-state index is 0.235. The Morgan fingerprint density at radius 3 is 2.33 bits per heavy atom. The van der Waals surface area contributed by atoms with Crippen molar-refractivity contribution in [3.05, 3.63) is 76.3 Å². The van der Waals surface area contributed by atoms with E-state index in [2.05, 4.69) is 15.6 Å². The van der Waals surface area contributed by atoms with Gasteiger partial charge in [0.2, 0.25) is 0 Å². The predicted octanol–water partition coefficient (Wildman–Crippen LogP) is 4.30. The third-order valence-corrected chi connectivity index (χ3v) is 4.11. The summed E-state index contributed by atoms with van der Waals surface area (Å²) in [6.45, 7) is 0. The van der Waals surface area contributed by atoms with Crippen molar-refractivity contribution in [1.82, 2.24) is 4.98 Å². The molecule has 0 bridgehead atoms. The van der Waals surface area contributed by atoms with Crippen molar-refractivity contribution in [3.63, 3.8) is 0 Å². The van der Waals surface area contributed by atoms with E-state index in [-0.39, 0.29) is 17.5 Å². The monoisotopic (exact) mass is 357 g/mol. The van der Waals surface area contributed by atoms with Crippen LogP contribution in [-0.4, -0.2) is 16.8 Å². The molecule has 0 spiro atoms. The first kappa shape index (κ1) is 16.2. The van der Waals surface area contributed by atoms with Crippen molar-refractivity contribution in [1.29, 1.82) is 0 Å². The molecule has 0 atom stereocenters. The largest absolute Gasteiger partial charge is 0.321 e. The normalized spacial score (nSPS) is 10.2. The fourth-order valence-electron chi connectivity index (χ4n) is 1.92. The first-order chi connectivity index (χ1) is 11.6. The van der Waals surface area contributed by atoms with E-state index in [4.69, 9.17) is 11.6 Å². The van der Waals surface area contributed by atoms with E-state index in [1.807, 2.05) is 6.07 Å². The number of anilines is 2. The number of thiazole rings is 1. The second kappa shape index (κ2) is 7.25. The molecule has 5 nitrogen and oxygen atoms in total. The summed E-state index contributed by atoms with van der Waals surface area (Å²) < 4.78 is 0. The zero-order valence-corrected chi connectivity index (χ0v) is 13.9.